The molecule has 34 heavy (non-hydrogen) atoms. The molecule has 0 spiro atoms. The summed E-state index contributed by atoms with van der Waals surface area (Å²) in [5.41, 5.74) is -0.379. The lowest BCUT2D eigenvalue weighted by molar-refractivity contribution is -0.137. The molecule has 0 saturated carbocycles. The van der Waals surface area contributed by atoms with Crippen molar-refractivity contribution in [3.63, 3.8) is 0 Å². The van der Waals surface area contributed by atoms with E-state index >= 15 is 0 Å². The van der Waals surface area contributed by atoms with E-state index < -0.39 is 29.5 Å². The molecule has 3 aromatic carbocycles. The number of carbonyl (C=O) groups excluding carboxylic acids is 1. The molecule has 0 aromatic heterocycles. The summed E-state index contributed by atoms with van der Waals surface area (Å²) in [4.78, 5) is 12.8. The van der Waals surface area contributed by atoms with Gasteiger partial charge in [0.15, 0.2) is 11.9 Å². The van der Waals surface area contributed by atoms with Gasteiger partial charge in [-0.2, -0.15) is 18.4 Å². The topological polar surface area (TPSA) is 68.5 Å². The van der Waals surface area contributed by atoms with Crippen molar-refractivity contribution in [2.45, 2.75) is 25.1 Å². The second kappa shape index (κ2) is 10.5. The van der Waals surface area contributed by atoms with Crippen molar-refractivity contribution in [1.82, 2.24) is 0 Å². The van der Waals surface area contributed by atoms with Crippen LogP contribution in [0.4, 0.5) is 13.2 Å². The van der Waals surface area contributed by atoms with Crippen LogP contribution in [0.15, 0.2) is 66.7 Å². The average Bonchev–Trinajstić information content (AvgIpc) is 2.80. The van der Waals surface area contributed by atoms with E-state index in [-0.39, 0.29) is 22.3 Å². The number of carbonyl (C=O) groups is 1. The van der Waals surface area contributed by atoms with Crippen molar-refractivity contribution in [1.29, 1.82) is 5.26 Å². The Morgan fingerprint density at radius 1 is 1.00 bits per heavy atom. The zero-order valence-electron chi connectivity index (χ0n) is 18.1. The molecule has 9 heteroatoms. The van der Waals surface area contributed by atoms with Gasteiger partial charge in [-0.05, 0) is 55.0 Å². The van der Waals surface area contributed by atoms with Gasteiger partial charge in [0.2, 0.25) is 0 Å². The minimum atomic E-state index is -4.52. The van der Waals surface area contributed by atoms with E-state index in [2.05, 4.69) is 0 Å². The highest BCUT2D eigenvalue weighted by Gasteiger charge is 2.31. The minimum absolute atomic E-state index is 0.0278. The van der Waals surface area contributed by atoms with Crippen LogP contribution in [0, 0.1) is 11.3 Å². The number of benzene rings is 3. The van der Waals surface area contributed by atoms with Gasteiger partial charge in [0.1, 0.15) is 28.9 Å². The van der Waals surface area contributed by atoms with E-state index in [1.54, 1.807) is 42.5 Å². The first-order valence-electron chi connectivity index (χ1n) is 10.0. The molecule has 176 valence electrons. The summed E-state index contributed by atoms with van der Waals surface area (Å²) in [6.07, 6.45) is -5.48. The van der Waals surface area contributed by atoms with Crippen molar-refractivity contribution in [3.8, 4) is 29.1 Å². The molecule has 2 unspecified atom stereocenters. The largest absolute Gasteiger partial charge is 0.497 e. The van der Waals surface area contributed by atoms with Gasteiger partial charge in [0, 0.05) is 6.07 Å². The fourth-order valence-corrected chi connectivity index (χ4v) is 3.31. The molecular weight excluding hydrogens is 471 g/mol. The summed E-state index contributed by atoms with van der Waals surface area (Å²) < 4.78 is 54.9. The van der Waals surface area contributed by atoms with Crippen molar-refractivity contribution in [2.75, 3.05) is 7.11 Å². The number of halogens is 4. The molecule has 0 heterocycles. The van der Waals surface area contributed by atoms with Crippen LogP contribution < -0.4 is 14.2 Å². The summed E-state index contributed by atoms with van der Waals surface area (Å²) >= 11 is 5.94. The highest BCUT2D eigenvalue weighted by molar-refractivity contribution is 6.32. The summed E-state index contributed by atoms with van der Waals surface area (Å²) in [7, 11) is 1.52. The maximum Gasteiger partial charge on any atom is 0.416 e. The maximum absolute atomic E-state index is 12.8. The Kier molecular flexibility index (Phi) is 7.69. The van der Waals surface area contributed by atoms with Crippen LogP contribution in [-0.2, 0) is 11.0 Å². The summed E-state index contributed by atoms with van der Waals surface area (Å²) in [6.45, 7) is 1.52. The number of ether oxygens (including phenoxy) is 3. The van der Waals surface area contributed by atoms with Gasteiger partial charge in [-0.25, -0.2) is 0 Å². The van der Waals surface area contributed by atoms with Gasteiger partial charge < -0.3 is 14.2 Å². The molecule has 0 aliphatic heterocycles. The number of rotatable bonds is 8. The Hall–Kier alpha value is -3.70. The van der Waals surface area contributed by atoms with Crippen molar-refractivity contribution >= 4 is 17.4 Å². The molecule has 0 fully saturated rings. The van der Waals surface area contributed by atoms with Crippen LogP contribution in [0.5, 0.6) is 23.0 Å². The number of ketones is 1. The molecule has 5 nitrogen and oxygen atoms in total. The second-order valence-electron chi connectivity index (χ2n) is 7.22. The van der Waals surface area contributed by atoms with Crippen molar-refractivity contribution in [2.24, 2.45) is 0 Å². The maximum atomic E-state index is 12.8. The molecule has 3 aromatic rings. The predicted molar refractivity (Wildman–Crippen MR) is 119 cm³/mol. The highest BCUT2D eigenvalue weighted by Crippen LogP contribution is 2.37. The molecule has 0 bridgehead atoms. The first kappa shape index (κ1) is 24.9. The Morgan fingerprint density at radius 2 is 1.68 bits per heavy atom. The lowest BCUT2D eigenvalue weighted by Gasteiger charge is -2.18. The zero-order valence-corrected chi connectivity index (χ0v) is 18.9. The summed E-state index contributed by atoms with van der Waals surface area (Å²) in [5, 5.41) is 9.33. The Morgan fingerprint density at radius 3 is 2.26 bits per heavy atom. The Labute approximate surface area is 199 Å². The van der Waals surface area contributed by atoms with Gasteiger partial charge in [-0.3, -0.25) is 4.79 Å². The first-order valence-corrected chi connectivity index (χ1v) is 10.4. The van der Waals surface area contributed by atoms with Crippen LogP contribution in [0.3, 0.4) is 0 Å². The lowest BCUT2D eigenvalue weighted by Crippen LogP contribution is -2.28. The normalized spacial score (nSPS) is 12.9. The number of nitriles is 1. The third kappa shape index (κ3) is 6.00. The number of methoxy groups -OCH3 is 1. The zero-order chi connectivity index (χ0) is 24.9. The third-order valence-electron chi connectivity index (χ3n) is 4.87. The van der Waals surface area contributed by atoms with E-state index in [0.29, 0.717) is 11.3 Å². The third-order valence-corrected chi connectivity index (χ3v) is 5.16. The standard InChI is InChI=1S/C25H19ClF3NO4/c1-15(24(31)21(14-30)16-6-9-18(32-2)10-7-16)33-19-4-3-5-20(13-19)34-23-11-8-17(12-22(23)26)25(27,28)29/h3-13,15,21H,1-2H3. The predicted octanol–water partition coefficient (Wildman–Crippen LogP) is 6.80. The molecule has 0 saturated heterocycles. The van der Waals surface area contributed by atoms with E-state index in [1.807, 2.05) is 6.07 Å². The molecule has 0 aliphatic carbocycles. The van der Waals surface area contributed by atoms with Gasteiger partial charge in [-0.1, -0.05) is 29.8 Å². The minimum Gasteiger partial charge on any atom is -0.497 e. The Bertz CT molecular complexity index is 1210. The number of alkyl halides is 3. The second-order valence-corrected chi connectivity index (χ2v) is 7.62. The number of nitrogens with zero attached hydrogens (tertiary/aromatic N) is 1. The van der Waals surface area contributed by atoms with E-state index in [4.69, 9.17) is 25.8 Å². The smallest absolute Gasteiger partial charge is 0.416 e. The van der Waals surface area contributed by atoms with Crippen molar-refractivity contribution < 1.29 is 32.2 Å². The van der Waals surface area contributed by atoms with E-state index in [1.165, 1.54) is 20.1 Å². The molecule has 0 radical (unpaired) electrons. The molecular formula is C25H19ClF3NO4. The first-order chi connectivity index (χ1) is 16.1. The number of Topliss-reactive ketones (excluding diaryl/α,β-unsaturated/α-hetero) is 1. The summed E-state index contributed by atoms with van der Waals surface area (Å²) in [5.74, 6) is -0.336. The quantitative estimate of drug-likeness (QED) is 0.348. The fraction of sp³-hybridized carbons (Fsp3) is 0.200. The van der Waals surface area contributed by atoms with Gasteiger partial charge >= 0.3 is 6.18 Å². The van der Waals surface area contributed by atoms with Crippen LogP contribution >= 0.6 is 11.6 Å². The van der Waals surface area contributed by atoms with Crippen LogP contribution in [-0.4, -0.2) is 19.0 Å². The molecule has 0 aliphatic rings. The monoisotopic (exact) mass is 489 g/mol. The van der Waals surface area contributed by atoms with E-state index in [9.17, 15) is 23.2 Å². The van der Waals surface area contributed by atoms with Crippen LogP contribution in [0.25, 0.3) is 0 Å². The van der Waals surface area contributed by atoms with Crippen LogP contribution in [0.2, 0.25) is 5.02 Å². The number of hydrogen-bond donors (Lipinski definition) is 0. The van der Waals surface area contributed by atoms with Crippen molar-refractivity contribution in [3.05, 3.63) is 82.9 Å². The average molecular weight is 490 g/mol. The van der Waals surface area contributed by atoms with E-state index in [0.717, 1.165) is 18.2 Å². The fourth-order valence-electron chi connectivity index (χ4n) is 3.09. The summed E-state index contributed by atoms with van der Waals surface area (Å²) in [6, 6.07) is 17.6. The molecule has 2 atom stereocenters. The van der Waals surface area contributed by atoms with Gasteiger partial charge in [0.25, 0.3) is 0 Å². The SMILES string of the molecule is COc1ccc(C(C#N)C(=O)C(C)Oc2cccc(Oc3ccc(C(F)(F)F)cc3Cl)c2)cc1. The van der Waals surface area contributed by atoms with Gasteiger partial charge in [0.05, 0.1) is 23.8 Å². The highest BCUT2D eigenvalue weighted by atomic mass is 35.5. The lowest BCUT2D eigenvalue weighted by atomic mass is 9.93. The number of hydrogen-bond acceptors (Lipinski definition) is 5. The van der Waals surface area contributed by atoms with Gasteiger partial charge in [-0.15, -0.1) is 0 Å². The van der Waals surface area contributed by atoms with Crippen LogP contribution in [0.1, 0.15) is 24.0 Å². The molecule has 3 rings (SSSR count). The molecule has 0 amide bonds. The molecule has 0 N–H and O–H groups in total. The Balaban J connectivity index is 1.72.